The Morgan fingerprint density at radius 2 is 2.12 bits per heavy atom. The molecule has 0 amide bonds. The van der Waals surface area contributed by atoms with E-state index in [9.17, 15) is 0 Å². The maximum Gasteiger partial charge on any atom is 0.0390 e. The number of hydrogen-bond donors (Lipinski definition) is 2. The molecule has 1 aromatic rings. The first kappa shape index (κ1) is 11.3. The minimum absolute atomic E-state index is 0.553. The van der Waals surface area contributed by atoms with Crippen LogP contribution in [0, 0.1) is 12.3 Å². The van der Waals surface area contributed by atoms with Gasteiger partial charge < -0.3 is 11.1 Å². The third-order valence-electron chi connectivity index (χ3n) is 4.19. The molecule has 0 heterocycles. The summed E-state index contributed by atoms with van der Waals surface area (Å²) >= 11 is 0. The Morgan fingerprint density at radius 3 is 2.69 bits per heavy atom. The summed E-state index contributed by atoms with van der Waals surface area (Å²) < 4.78 is 0. The average Bonchev–Trinajstić information content (AvgIpc) is 2.23. The molecule has 16 heavy (non-hydrogen) atoms. The first-order valence-electron chi connectivity index (χ1n) is 6.26. The number of benzene rings is 1. The molecule has 2 rings (SSSR count). The fourth-order valence-corrected chi connectivity index (χ4v) is 2.46. The molecule has 88 valence electrons. The van der Waals surface area contributed by atoms with E-state index < -0.39 is 0 Å². The van der Waals surface area contributed by atoms with Crippen LogP contribution in [0.4, 0.5) is 11.4 Å². The summed E-state index contributed by atoms with van der Waals surface area (Å²) in [5, 5.41) is 3.57. The predicted octanol–water partition coefficient (Wildman–Crippen LogP) is 3.57. The highest BCUT2D eigenvalue weighted by Gasteiger charge is 2.34. The Labute approximate surface area is 98.2 Å². The summed E-state index contributed by atoms with van der Waals surface area (Å²) in [7, 11) is 0. The zero-order valence-corrected chi connectivity index (χ0v) is 10.3. The number of nitrogen functional groups attached to an aromatic ring is 1. The largest absolute Gasteiger partial charge is 0.398 e. The Bertz CT molecular complexity index is 361. The number of anilines is 2. The molecular formula is C14H22N2. The fraction of sp³-hybridized carbons (Fsp3) is 0.571. The van der Waals surface area contributed by atoms with Crippen molar-refractivity contribution >= 4 is 11.4 Å². The molecule has 1 aliphatic rings. The van der Waals surface area contributed by atoms with Crippen LogP contribution in [0.3, 0.4) is 0 Å². The van der Waals surface area contributed by atoms with E-state index in [0.717, 1.165) is 12.2 Å². The second-order valence-corrected chi connectivity index (χ2v) is 5.08. The lowest BCUT2D eigenvalue weighted by Gasteiger charge is -2.41. The van der Waals surface area contributed by atoms with Gasteiger partial charge in [-0.05, 0) is 49.3 Å². The summed E-state index contributed by atoms with van der Waals surface area (Å²) in [5.74, 6) is 0. The van der Waals surface area contributed by atoms with E-state index in [1.54, 1.807) is 0 Å². The van der Waals surface area contributed by atoms with E-state index in [0.29, 0.717) is 5.41 Å². The molecule has 0 unspecified atom stereocenters. The van der Waals surface area contributed by atoms with Crippen molar-refractivity contribution in [2.45, 2.75) is 39.5 Å². The fourth-order valence-electron chi connectivity index (χ4n) is 2.46. The molecule has 0 aromatic heterocycles. The third-order valence-corrected chi connectivity index (χ3v) is 4.19. The van der Waals surface area contributed by atoms with Gasteiger partial charge in [-0.3, -0.25) is 0 Å². The normalized spacial score (nSPS) is 17.9. The molecule has 1 fully saturated rings. The number of rotatable bonds is 4. The smallest absolute Gasteiger partial charge is 0.0390 e. The SMILES string of the molecule is CCC1(CNc2cccc(N)c2C)CCC1. The van der Waals surface area contributed by atoms with Crippen molar-refractivity contribution in [2.75, 3.05) is 17.6 Å². The number of hydrogen-bond acceptors (Lipinski definition) is 2. The monoisotopic (exact) mass is 218 g/mol. The van der Waals surface area contributed by atoms with Crippen molar-refractivity contribution in [3.05, 3.63) is 23.8 Å². The van der Waals surface area contributed by atoms with E-state index in [1.165, 1.54) is 36.9 Å². The van der Waals surface area contributed by atoms with Gasteiger partial charge in [-0.1, -0.05) is 19.4 Å². The van der Waals surface area contributed by atoms with Gasteiger partial charge in [0.15, 0.2) is 0 Å². The van der Waals surface area contributed by atoms with Crippen molar-refractivity contribution in [2.24, 2.45) is 5.41 Å². The lowest BCUT2D eigenvalue weighted by Crippen LogP contribution is -2.36. The molecule has 0 bridgehead atoms. The van der Waals surface area contributed by atoms with E-state index in [2.05, 4.69) is 25.2 Å². The predicted molar refractivity (Wildman–Crippen MR) is 70.7 cm³/mol. The van der Waals surface area contributed by atoms with Gasteiger partial charge in [0, 0.05) is 17.9 Å². The van der Waals surface area contributed by atoms with Crippen LogP contribution in [0.1, 0.15) is 38.2 Å². The summed E-state index contributed by atoms with van der Waals surface area (Å²) in [5.41, 5.74) is 9.70. The lowest BCUT2D eigenvalue weighted by atomic mass is 9.67. The van der Waals surface area contributed by atoms with Gasteiger partial charge in [0.1, 0.15) is 0 Å². The van der Waals surface area contributed by atoms with Crippen LogP contribution < -0.4 is 11.1 Å². The second-order valence-electron chi connectivity index (χ2n) is 5.08. The van der Waals surface area contributed by atoms with E-state index in [4.69, 9.17) is 5.73 Å². The van der Waals surface area contributed by atoms with Crippen LogP contribution in [0.2, 0.25) is 0 Å². The maximum atomic E-state index is 5.90. The van der Waals surface area contributed by atoms with E-state index >= 15 is 0 Å². The molecule has 0 saturated heterocycles. The molecule has 3 N–H and O–H groups in total. The van der Waals surface area contributed by atoms with Gasteiger partial charge in [-0.2, -0.15) is 0 Å². The van der Waals surface area contributed by atoms with Crippen LogP contribution in [-0.4, -0.2) is 6.54 Å². The highest BCUT2D eigenvalue weighted by atomic mass is 14.9. The summed E-state index contributed by atoms with van der Waals surface area (Å²) in [4.78, 5) is 0. The van der Waals surface area contributed by atoms with Crippen LogP contribution in [0.5, 0.6) is 0 Å². The second kappa shape index (κ2) is 4.36. The Hall–Kier alpha value is -1.18. The topological polar surface area (TPSA) is 38.0 Å². The Kier molecular flexibility index (Phi) is 3.08. The van der Waals surface area contributed by atoms with Crippen LogP contribution in [-0.2, 0) is 0 Å². The Balaban J connectivity index is 2.02. The molecule has 1 aromatic carbocycles. The summed E-state index contributed by atoms with van der Waals surface area (Å²) in [6, 6.07) is 6.09. The molecule has 0 atom stereocenters. The first-order chi connectivity index (χ1) is 7.67. The quantitative estimate of drug-likeness (QED) is 0.758. The van der Waals surface area contributed by atoms with Crippen LogP contribution in [0.15, 0.2) is 18.2 Å². The highest BCUT2D eigenvalue weighted by Crippen LogP contribution is 2.43. The molecule has 0 aliphatic heterocycles. The van der Waals surface area contributed by atoms with Gasteiger partial charge in [0.25, 0.3) is 0 Å². The van der Waals surface area contributed by atoms with Crippen molar-refractivity contribution in [1.29, 1.82) is 0 Å². The summed E-state index contributed by atoms with van der Waals surface area (Å²) in [6.07, 6.45) is 5.42. The van der Waals surface area contributed by atoms with Crippen LogP contribution in [0.25, 0.3) is 0 Å². The average molecular weight is 218 g/mol. The molecular weight excluding hydrogens is 196 g/mol. The highest BCUT2D eigenvalue weighted by molar-refractivity contribution is 5.62. The minimum Gasteiger partial charge on any atom is -0.398 e. The molecule has 0 spiro atoms. The van der Waals surface area contributed by atoms with Crippen molar-refractivity contribution in [1.82, 2.24) is 0 Å². The zero-order chi connectivity index (χ0) is 11.6. The molecule has 0 radical (unpaired) electrons. The molecule has 1 aliphatic carbocycles. The number of nitrogens with two attached hydrogens (primary N) is 1. The molecule has 2 nitrogen and oxygen atoms in total. The molecule has 2 heteroatoms. The molecule has 1 saturated carbocycles. The first-order valence-corrected chi connectivity index (χ1v) is 6.26. The van der Waals surface area contributed by atoms with Crippen molar-refractivity contribution < 1.29 is 0 Å². The van der Waals surface area contributed by atoms with Gasteiger partial charge >= 0.3 is 0 Å². The maximum absolute atomic E-state index is 5.90. The van der Waals surface area contributed by atoms with Crippen molar-refractivity contribution in [3.63, 3.8) is 0 Å². The zero-order valence-electron chi connectivity index (χ0n) is 10.3. The van der Waals surface area contributed by atoms with Gasteiger partial charge in [0.2, 0.25) is 0 Å². The van der Waals surface area contributed by atoms with E-state index in [-0.39, 0.29) is 0 Å². The van der Waals surface area contributed by atoms with E-state index in [1.807, 2.05) is 12.1 Å². The summed E-state index contributed by atoms with van der Waals surface area (Å²) in [6.45, 7) is 5.47. The van der Waals surface area contributed by atoms with Crippen LogP contribution >= 0.6 is 0 Å². The standard InChI is InChI=1S/C14H22N2/c1-3-14(8-5-9-14)10-16-13-7-4-6-12(15)11(13)2/h4,6-7,16H,3,5,8-10,15H2,1-2H3. The van der Waals surface area contributed by atoms with Gasteiger partial charge in [0.05, 0.1) is 0 Å². The third kappa shape index (κ3) is 2.01. The Morgan fingerprint density at radius 1 is 1.38 bits per heavy atom. The van der Waals surface area contributed by atoms with Gasteiger partial charge in [-0.15, -0.1) is 0 Å². The number of nitrogens with one attached hydrogen (secondary N) is 1. The van der Waals surface area contributed by atoms with Crippen molar-refractivity contribution in [3.8, 4) is 0 Å². The lowest BCUT2D eigenvalue weighted by molar-refractivity contribution is 0.145. The van der Waals surface area contributed by atoms with Gasteiger partial charge in [-0.25, -0.2) is 0 Å². The minimum atomic E-state index is 0.553.